The zero-order valence-electron chi connectivity index (χ0n) is 20.8. The smallest absolute Gasteiger partial charge is 0.257 e. The quantitative estimate of drug-likeness (QED) is 0.185. The molecule has 7 heteroatoms. The number of fused-ring (bicyclic) bond motifs is 1. The molecular formula is C29H31N3O3S. The zero-order valence-corrected chi connectivity index (χ0v) is 21.7. The van der Waals surface area contributed by atoms with E-state index < -0.39 is 0 Å². The van der Waals surface area contributed by atoms with Crippen LogP contribution in [0, 0.1) is 0 Å². The minimum atomic E-state index is -0.292. The SMILES string of the molecule is CCCCOc1ccc(C(=O)NC(=S)Nc2cccc(-c3nc4cc(C(C)CC)ccc4o3)c2)cc1. The van der Waals surface area contributed by atoms with Crippen molar-refractivity contribution in [2.75, 3.05) is 11.9 Å². The molecule has 0 saturated carbocycles. The Morgan fingerprint density at radius 3 is 2.64 bits per heavy atom. The van der Waals surface area contributed by atoms with Crippen molar-refractivity contribution < 1.29 is 13.9 Å². The van der Waals surface area contributed by atoms with Crippen LogP contribution in [0.2, 0.25) is 0 Å². The van der Waals surface area contributed by atoms with Crippen LogP contribution in [-0.4, -0.2) is 22.6 Å². The number of carbonyl (C=O) groups excluding carboxylic acids is 1. The summed E-state index contributed by atoms with van der Waals surface area (Å²) in [7, 11) is 0. The minimum absolute atomic E-state index is 0.205. The van der Waals surface area contributed by atoms with Crippen molar-refractivity contribution in [1.29, 1.82) is 0 Å². The van der Waals surface area contributed by atoms with Crippen LogP contribution in [0.15, 0.2) is 71.1 Å². The fourth-order valence-corrected chi connectivity index (χ4v) is 3.93. The Morgan fingerprint density at radius 2 is 1.89 bits per heavy atom. The number of nitrogens with one attached hydrogen (secondary N) is 2. The van der Waals surface area contributed by atoms with Gasteiger partial charge in [-0.3, -0.25) is 10.1 Å². The van der Waals surface area contributed by atoms with Crippen LogP contribution >= 0.6 is 12.2 Å². The third kappa shape index (κ3) is 6.29. The topological polar surface area (TPSA) is 76.4 Å². The first-order valence-electron chi connectivity index (χ1n) is 12.3. The average Bonchev–Trinajstić information content (AvgIpc) is 3.32. The van der Waals surface area contributed by atoms with Crippen LogP contribution < -0.4 is 15.4 Å². The summed E-state index contributed by atoms with van der Waals surface area (Å²) in [5, 5.41) is 6.00. The molecule has 0 aliphatic heterocycles. The number of carbonyl (C=O) groups is 1. The molecule has 186 valence electrons. The molecular weight excluding hydrogens is 470 g/mol. The summed E-state index contributed by atoms with van der Waals surface area (Å²) in [6.45, 7) is 7.16. The molecule has 1 heterocycles. The zero-order chi connectivity index (χ0) is 25.5. The van der Waals surface area contributed by atoms with Gasteiger partial charge in [-0.1, -0.05) is 39.3 Å². The van der Waals surface area contributed by atoms with Gasteiger partial charge in [-0.2, -0.15) is 0 Å². The summed E-state index contributed by atoms with van der Waals surface area (Å²) < 4.78 is 11.6. The van der Waals surface area contributed by atoms with E-state index in [1.807, 2.05) is 30.3 Å². The van der Waals surface area contributed by atoms with Crippen LogP contribution in [0.3, 0.4) is 0 Å². The van der Waals surface area contributed by atoms with Crippen LogP contribution in [0.4, 0.5) is 5.69 Å². The highest BCUT2D eigenvalue weighted by molar-refractivity contribution is 7.80. The van der Waals surface area contributed by atoms with Crippen LogP contribution in [0.25, 0.3) is 22.6 Å². The molecule has 0 fully saturated rings. The summed E-state index contributed by atoms with van der Waals surface area (Å²) in [6, 6.07) is 20.8. The number of hydrogen-bond donors (Lipinski definition) is 2. The molecule has 1 unspecified atom stereocenters. The first-order chi connectivity index (χ1) is 17.5. The number of hydrogen-bond acceptors (Lipinski definition) is 5. The Labute approximate surface area is 217 Å². The molecule has 0 bridgehead atoms. The Morgan fingerprint density at radius 1 is 1.08 bits per heavy atom. The van der Waals surface area contributed by atoms with Crippen LogP contribution in [-0.2, 0) is 0 Å². The number of aromatic nitrogens is 1. The Bertz CT molecular complexity index is 1350. The predicted octanol–water partition coefficient (Wildman–Crippen LogP) is 7.31. The van der Waals surface area contributed by atoms with E-state index in [1.54, 1.807) is 24.3 Å². The average molecular weight is 502 g/mol. The van der Waals surface area contributed by atoms with E-state index in [9.17, 15) is 4.79 Å². The number of unbranched alkanes of at least 4 members (excludes halogenated alkanes) is 1. The Balaban J connectivity index is 1.40. The summed E-state index contributed by atoms with van der Waals surface area (Å²) in [5.74, 6) is 1.45. The van der Waals surface area contributed by atoms with Gasteiger partial charge in [0.1, 0.15) is 11.3 Å². The van der Waals surface area contributed by atoms with Crippen molar-refractivity contribution in [3.63, 3.8) is 0 Å². The second-order valence-corrected chi connectivity index (χ2v) is 9.18. The van der Waals surface area contributed by atoms with Gasteiger partial charge in [0.15, 0.2) is 10.7 Å². The van der Waals surface area contributed by atoms with E-state index in [0.29, 0.717) is 24.0 Å². The predicted molar refractivity (Wildman–Crippen MR) is 149 cm³/mol. The standard InChI is InChI=1S/C29H31N3O3S/c1-4-6-16-34-24-13-10-20(11-14-24)27(33)32-29(36)30-23-9-7-8-22(17-23)28-31-25-18-21(19(3)5-2)12-15-26(25)35-28/h7-15,17-19H,4-6,16H2,1-3H3,(H2,30,32,33,36). The van der Waals surface area contributed by atoms with Crippen LogP contribution in [0.1, 0.15) is 61.9 Å². The molecule has 1 amide bonds. The van der Waals surface area contributed by atoms with E-state index >= 15 is 0 Å². The third-order valence-corrected chi connectivity index (χ3v) is 6.27. The number of amides is 1. The molecule has 2 N–H and O–H groups in total. The minimum Gasteiger partial charge on any atom is -0.494 e. The fraction of sp³-hybridized carbons (Fsp3) is 0.276. The molecule has 0 spiro atoms. The fourth-order valence-electron chi connectivity index (χ4n) is 3.71. The van der Waals surface area contributed by atoms with Gasteiger partial charge in [-0.05, 0) is 91.1 Å². The molecule has 4 rings (SSSR count). The van der Waals surface area contributed by atoms with Gasteiger partial charge in [-0.15, -0.1) is 0 Å². The first kappa shape index (κ1) is 25.4. The number of rotatable bonds is 9. The van der Waals surface area contributed by atoms with Gasteiger partial charge in [0.25, 0.3) is 5.91 Å². The lowest BCUT2D eigenvalue weighted by Gasteiger charge is -2.11. The summed E-state index contributed by atoms with van der Waals surface area (Å²) >= 11 is 5.36. The maximum Gasteiger partial charge on any atom is 0.257 e. The molecule has 0 saturated heterocycles. The normalized spacial score (nSPS) is 11.8. The number of nitrogens with zero attached hydrogens (tertiary/aromatic N) is 1. The Kier molecular flexibility index (Phi) is 8.33. The van der Waals surface area contributed by atoms with Crippen molar-refractivity contribution in [3.8, 4) is 17.2 Å². The van der Waals surface area contributed by atoms with Crippen molar-refractivity contribution >= 4 is 40.0 Å². The Hall–Kier alpha value is -3.71. The van der Waals surface area contributed by atoms with Crippen molar-refractivity contribution in [2.45, 2.75) is 46.0 Å². The number of oxazole rings is 1. The lowest BCUT2D eigenvalue weighted by Crippen LogP contribution is -2.34. The molecule has 1 aromatic heterocycles. The van der Waals surface area contributed by atoms with E-state index in [2.05, 4.69) is 43.5 Å². The highest BCUT2D eigenvalue weighted by Gasteiger charge is 2.13. The summed E-state index contributed by atoms with van der Waals surface area (Å²) in [4.78, 5) is 17.3. The molecule has 4 aromatic rings. The molecule has 3 aromatic carbocycles. The van der Waals surface area contributed by atoms with Gasteiger partial charge < -0.3 is 14.5 Å². The van der Waals surface area contributed by atoms with Gasteiger partial charge in [0.2, 0.25) is 5.89 Å². The second kappa shape index (κ2) is 11.8. The third-order valence-electron chi connectivity index (χ3n) is 6.07. The summed E-state index contributed by atoms with van der Waals surface area (Å²) in [5.41, 5.74) is 4.87. The molecule has 0 aliphatic carbocycles. The van der Waals surface area contributed by atoms with E-state index in [1.165, 1.54) is 5.56 Å². The van der Waals surface area contributed by atoms with Gasteiger partial charge >= 0.3 is 0 Å². The van der Waals surface area contributed by atoms with Gasteiger partial charge in [0.05, 0.1) is 6.61 Å². The van der Waals surface area contributed by atoms with Gasteiger partial charge in [0, 0.05) is 16.8 Å². The number of thiocarbonyl (C=S) groups is 1. The lowest BCUT2D eigenvalue weighted by molar-refractivity contribution is 0.0977. The molecule has 0 aliphatic rings. The highest BCUT2D eigenvalue weighted by atomic mass is 32.1. The first-order valence-corrected chi connectivity index (χ1v) is 12.7. The largest absolute Gasteiger partial charge is 0.494 e. The molecule has 6 nitrogen and oxygen atoms in total. The number of anilines is 1. The van der Waals surface area contributed by atoms with E-state index in [4.69, 9.17) is 26.4 Å². The summed E-state index contributed by atoms with van der Waals surface area (Å²) in [6.07, 6.45) is 3.13. The van der Waals surface area contributed by atoms with Crippen molar-refractivity contribution in [1.82, 2.24) is 10.3 Å². The van der Waals surface area contributed by atoms with E-state index in [0.717, 1.165) is 47.4 Å². The molecule has 1 atom stereocenters. The second-order valence-electron chi connectivity index (χ2n) is 8.77. The number of ether oxygens (including phenoxy) is 1. The van der Waals surface area contributed by atoms with Crippen molar-refractivity contribution in [3.05, 3.63) is 77.9 Å². The lowest BCUT2D eigenvalue weighted by atomic mass is 9.98. The van der Waals surface area contributed by atoms with E-state index in [-0.39, 0.29) is 11.0 Å². The van der Waals surface area contributed by atoms with Gasteiger partial charge in [-0.25, -0.2) is 4.98 Å². The maximum atomic E-state index is 12.6. The molecule has 0 radical (unpaired) electrons. The number of benzene rings is 3. The monoisotopic (exact) mass is 501 g/mol. The van der Waals surface area contributed by atoms with Crippen molar-refractivity contribution in [2.24, 2.45) is 0 Å². The molecule has 36 heavy (non-hydrogen) atoms. The van der Waals surface area contributed by atoms with Crippen LogP contribution in [0.5, 0.6) is 5.75 Å². The highest BCUT2D eigenvalue weighted by Crippen LogP contribution is 2.29. The maximum absolute atomic E-state index is 12.6.